The van der Waals surface area contributed by atoms with Gasteiger partial charge in [-0.1, -0.05) is 30.3 Å². The average Bonchev–Trinajstić information content (AvgIpc) is 2.93. The Bertz CT molecular complexity index is 444. The van der Waals surface area contributed by atoms with Gasteiger partial charge in [-0.25, -0.2) is 0 Å². The molecule has 0 spiro atoms. The highest BCUT2D eigenvalue weighted by molar-refractivity contribution is 5.69. The zero-order valence-corrected chi connectivity index (χ0v) is 11.2. The fraction of sp³-hybridized carbons (Fsp3) is 0.500. The summed E-state index contributed by atoms with van der Waals surface area (Å²) in [5, 5.41) is 3.62. The summed E-state index contributed by atoms with van der Waals surface area (Å²) >= 11 is 0. The predicted molar refractivity (Wildman–Crippen MR) is 76.5 cm³/mol. The van der Waals surface area contributed by atoms with Crippen molar-refractivity contribution in [3.63, 3.8) is 0 Å². The summed E-state index contributed by atoms with van der Waals surface area (Å²) < 4.78 is 0. The van der Waals surface area contributed by atoms with Gasteiger partial charge in [-0.15, -0.1) is 0 Å². The van der Waals surface area contributed by atoms with Crippen molar-refractivity contribution in [3.05, 3.63) is 41.5 Å². The van der Waals surface area contributed by atoms with Gasteiger partial charge in [0.05, 0.1) is 0 Å². The molecular formula is C16H22N2. The minimum absolute atomic E-state index is 0.571. The Hall–Kier alpha value is -1.12. The second-order valence-electron chi connectivity index (χ2n) is 5.48. The van der Waals surface area contributed by atoms with E-state index in [9.17, 15) is 0 Å². The van der Waals surface area contributed by atoms with Crippen LogP contribution in [0.25, 0.3) is 5.57 Å². The number of likely N-dealkylation sites (N-methyl/N-ethyl adjacent to an activating group) is 1. The molecule has 0 aliphatic carbocycles. The molecule has 0 bridgehead atoms. The first-order valence-corrected chi connectivity index (χ1v) is 7.05. The van der Waals surface area contributed by atoms with E-state index in [0.29, 0.717) is 6.04 Å². The van der Waals surface area contributed by atoms with Crippen molar-refractivity contribution >= 4 is 5.57 Å². The Morgan fingerprint density at radius 2 is 2.17 bits per heavy atom. The Balaban J connectivity index is 1.91. The molecule has 0 aromatic heterocycles. The van der Waals surface area contributed by atoms with E-state index in [-0.39, 0.29) is 0 Å². The summed E-state index contributed by atoms with van der Waals surface area (Å²) in [5.74, 6) is 0. The number of nitrogens with one attached hydrogen (secondary N) is 1. The van der Waals surface area contributed by atoms with Crippen LogP contribution in [0.4, 0.5) is 0 Å². The largest absolute Gasteiger partial charge is 0.310 e. The fourth-order valence-corrected chi connectivity index (χ4v) is 3.06. The monoisotopic (exact) mass is 242 g/mol. The maximum Gasteiger partial charge on any atom is 0.0326 e. The maximum absolute atomic E-state index is 3.62. The fourth-order valence-electron chi connectivity index (χ4n) is 3.06. The molecule has 0 amide bonds. The summed E-state index contributed by atoms with van der Waals surface area (Å²) in [4.78, 5) is 2.37. The minimum atomic E-state index is 0.571. The van der Waals surface area contributed by atoms with Crippen LogP contribution < -0.4 is 5.32 Å². The van der Waals surface area contributed by atoms with E-state index in [2.05, 4.69) is 47.6 Å². The average molecular weight is 242 g/mol. The minimum Gasteiger partial charge on any atom is -0.310 e. The van der Waals surface area contributed by atoms with Crippen molar-refractivity contribution in [3.8, 4) is 0 Å². The van der Waals surface area contributed by atoms with Crippen molar-refractivity contribution in [1.29, 1.82) is 0 Å². The van der Waals surface area contributed by atoms with Crippen LogP contribution in [0.3, 0.4) is 0 Å². The lowest BCUT2D eigenvalue weighted by atomic mass is 9.91. The van der Waals surface area contributed by atoms with Gasteiger partial charge >= 0.3 is 0 Å². The molecule has 2 aliphatic rings. The molecule has 18 heavy (non-hydrogen) atoms. The molecule has 2 heterocycles. The molecule has 0 radical (unpaired) electrons. The molecule has 2 heteroatoms. The summed E-state index contributed by atoms with van der Waals surface area (Å²) in [6.45, 7) is 3.43. The van der Waals surface area contributed by atoms with E-state index < -0.39 is 0 Å². The Labute approximate surface area is 110 Å². The second kappa shape index (κ2) is 5.25. The smallest absolute Gasteiger partial charge is 0.0326 e. The second-order valence-corrected chi connectivity index (χ2v) is 5.48. The summed E-state index contributed by atoms with van der Waals surface area (Å²) in [6.07, 6.45) is 6.17. The molecule has 2 nitrogen and oxygen atoms in total. The topological polar surface area (TPSA) is 15.3 Å². The van der Waals surface area contributed by atoms with Crippen LogP contribution in [-0.4, -0.2) is 31.6 Å². The number of benzene rings is 1. The zero-order chi connectivity index (χ0) is 12.4. The standard InChI is InChI=1S/C16H22N2/c1-18-11-8-13(9-12-18)14-5-2-3-6-15(14)16-7-4-10-17-16/h2-3,5-6,8,16-17H,4,7,9-12H2,1H3/t16-/m1/s1. The summed E-state index contributed by atoms with van der Waals surface area (Å²) in [7, 11) is 2.19. The molecule has 0 saturated carbocycles. The highest BCUT2D eigenvalue weighted by Crippen LogP contribution is 2.32. The van der Waals surface area contributed by atoms with Crippen LogP contribution in [0, 0.1) is 0 Å². The van der Waals surface area contributed by atoms with E-state index in [4.69, 9.17) is 0 Å². The van der Waals surface area contributed by atoms with Crippen LogP contribution in [-0.2, 0) is 0 Å². The third-order valence-corrected chi connectivity index (χ3v) is 4.15. The van der Waals surface area contributed by atoms with Crippen LogP contribution in [0.15, 0.2) is 30.3 Å². The van der Waals surface area contributed by atoms with E-state index in [1.807, 2.05) is 0 Å². The highest BCUT2D eigenvalue weighted by atomic mass is 15.1. The van der Waals surface area contributed by atoms with Gasteiger partial charge in [0, 0.05) is 19.1 Å². The molecule has 96 valence electrons. The van der Waals surface area contributed by atoms with Crippen LogP contribution in [0.5, 0.6) is 0 Å². The van der Waals surface area contributed by atoms with Crippen molar-refractivity contribution < 1.29 is 0 Å². The first-order valence-electron chi connectivity index (χ1n) is 7.05. The van der Waals surface area contributed by atoms with Gasteiger partial charge in [0.2, 0.25) is 0 Å². The van der Waals surface area contributed by atoms with E-state index in [1.165, 1.54) is 49.1 Å². The normalized spacial score (nSPS) is 25.2. The quantitative estimate of drug-likeness (QED) is 0.858. The third kappa shape index (κ3) is 2.36. The predicted octanol–water partition coefficient (Wildman–Crippen LogP) is 2.83. The van der Waals surface area contributed by atoms with Crippen molar-refractivity contribution in [2.45, 2.75) is 25.3 Å². The molecule has 1 saturated heterocycles. The van der Waals surface area contributed by atoms with Gasteiger partial charge in [-0.05, 0) is 49.6 Å². The van der Waals surface area contributed by atoms with Crippen molar-refractivity contribution in [2.75, 3.05) is 26.7 Å². The molecule has 1 atom stereocenters. The highest BCUT2D eigenvalue weighted by Gasteiger charge is 2.21. The van der Waals surface area contributed by atoms with E-state index in [1.54, 1.807) is 0 Å². The number of rotatable bonds is 2. The molecule has 0 unspecified atom stereocenters. The molecule has 3 rings (SSSR count). The summed E-state index contributed by atoms with van der Waals surface area (Å²) in [5.41, 5.74) is 4.52. The SMILES string of the molecule is CN1CC=C(c2ccccc2[C@H]2CCCN2)CC1. The zero-order valence-electron chi connectivity index (χ0n) is 11.2. The first-order chi connectivity index (χ1) is 8.84. The van der Waals surface area contributed by atoms with Crippen LogP contribution in [0.1, 0.15) is 36.4 Å². The molecule has 1 aromatic carbocycles. The third-order valence-electron chi connectivity index (χ3n) is 4.15. The van der Waals surface area contributed by atoms with Gasteiger partial charge < -0.3 is 10.2 Å². The van der Waals surface area contributed by atoms with E-state index >= 15 is 0 Å². The number of hydrogen-bond donors (Lipinski definition) is 1. The van der Waals surface area contributed by atoms with Gasteiger partial charge in [0.1, 0.15) is 0 Å². The summed E-state index contributed by atoms with van der Waals surface area (Å²) in [6, 6.07) is 9.52. The Morgan fingerprint density at radius 1 is 1.28 bits per heavy atom. The molecule has 2 aliphatic heterocycles. The van der Waals surface area contributed by atoms with Gasteiger partial charge in [-0.2, -0.15) is 0 Å². The van der Waals surface area contributed by atoms with E-state index in [0.717, 1.165) is 6.54 Å². The molecular weight excluding hydrogens is 220 g/mol. The van der Waals surface area contributed by atoms with Crippen molar-refractivity contribution in [1.82, 2.24) is 10.2 Å². The number of hydrogen-bond acceptors (Lipinski definition) is 2. The number of nitrogens with zero attached hydrogens (tertiary/aromatic N) is 1. The Kier molecular flexibility index (Phi) is 3.48. The van der Waals surface area contributed by atoms with Gasteiger partial charge in [-0.3, -0.25) is 0 Å². The molecule has 1 fully saturated rings. The first kappa shape index (κ1) is 11.9. The van der Waals surface area contributed by atoms with Crippen molar-refractivity contribution in [2.24, 2.45) is 0 Å². The molecule has 1 N–H and O–H groups in total. The van der Waals surface area contributed by atoms with Gasteiger partial charge in [0.15, 0.2) is 0 Å². The molecule has 1 aromatic rings. The van der Waals surface area contributed by atoms with Gasteiger partial charge in [0.25, 0.3) is 0 Å². The lowest BCUT2D eigenvalue weighted by Gasteiger charge is -2.24. The lowest BCUT2D eigenvalue weighted by molar-refractivity contribution is 0.370. The van der Waals surface area contributed by atoms with Crippen LogP contribution in [0.2, 0.25) is 0 Å². The lowest BCUT2D eigenvalue weighted by Crippen LogP contribution is -2.24. The maximum atomic E-state index is 3.62. The Morgan fingerprint density at radius 3 is 2.89 bits per heavy atom. The van der Waals surface area contributed by atoms with Crippen LogP contribution >= 0.6 is 0 Å².